The van der Waals surface area contributed by atoms with Gasteiger partial charge in [-0.3, -0.25) is 0 Å². The number of rotatable bonds is 2. The highest BCUT2D eigenvalue weighted by Gasteiger charge is 2.18. The predicted molar refractivity (Wildman–Crippen MR) is 72.1 cm³/mol. The molecule has 0 atom stereocenters. The van der Waals surface area contributed by atoms with Gasteiger partial charge in [0.2, 0.25) is 0 Å². The van der Waals surface area contributed by atoms with Gasteiger partial charge in [-0.05, 0) is 18.2 Å². The zero-order valence-corrected chi connectivity index (χ0v) is 10.5. The van der Waals surface area contributed by atoms with Gasteiger partial charge in [0.15, 0.2) is 0 Å². The molecule has 0 saturated heterocycles. The summed E-state index contributed by atoms with van der Waals surface area (Å²) in [7, 11) is 0. The van der Waals surface area contributed by atoms with Crippen LogP contribution in [-0.4, -0.2) is 16.2 Å². The van der Waals surface area contributed by atoms with Gasteiger partial charge < -0.3 is 15.9 Å². The molecule has 0 aliphatic rings. The maximum absolute atomic E-state index is 13.8. The molecule has 98 valence electrons. The Bertz CT molecular complexity index is 653. The Morgan fingerprint density at radius 1 is 1.26 bits per heavy atom. The summed E-state index contributed by atoms with van der Waals surface area (Å²) in [5, 5.41) is 18.6. The van der Waals surface area contributed by atoms with Gasteiger partial charge in [-0.15, -0.1) is 12.6 Å². The number of benzene rings is 2. The van der Waals surface area contributed by atoms with Crippen molar-refractivity contribution < 1.29 is 19.4 Å². The number of anilines is 1. The zero-order valence-electron chi connectivity index (χ0n) is 9.59. The molecule has 0 aliphatic heterocycles. The van der Waals surface area contributed by atoms with Crippen molar-refractivity contribution in [2.24, 2.45) is 0 Å². The second-order valence-electron chi connectivity index (χ2n) is 3.86. The van der Waals surface area contributed by atoms with Crippen LogP contribution in [0.5, 0.6) is 5.75 Å². The first kappa shape index (κ1) is 13.2. The molecule has 4 nitrogen and oxygen atoms in total. The van der Waals surface area contributed by atoms with E-state index in [9.17, 15) is 14.3 Å². The fraction of sp³-hybridized carbons (Fsp3) is 0. The number of phenolic OH excluding ortho intramolecular Hbond substituents is 1. The maximum Gasteiger partial charge on any atom is 0.337 e. The molecular formula is C13H10FNO3S. The highest BCUT2D eigenvalue weighted by Crippen LogP contribution is 2.38. The third-order valence-electron chi connectivity index (χ3n) is 2.71. The highest BCUT2D eigenvalue weighted by atomic mass is 32.1. The van der Waals surface area contributed by atoms with Gasteiger partial charge in [0, 0.05) is 10.5 Å². The molecule has 4 N–H and O–H groups in total. The van der Waals surface area contributed by atoms with Crippen LogP contribution in [-0.2, 0) is 0 Å². The first-order valence-electron chi connectivity index (χ1n) is 5.26. The van der Waals surface area contributed by atoms with Crippen LogP contribution in [0.3, 0.4) is 0 Å². The average molecular weight is 279 g/mol. The minimum absolute atomic E-state index is 0.0591. The number of hydrogen-bond acceptors (Lipinski definition) is 4. The SMILES string of the molecule is Nc1c(C(=O)O)ccc(-c2c(O)cccc2F)c1S. The second-order valence-corrected chi connectivity index (χ2v) is 4.31. The van der Waals surface area contributed by atoms with E-state index in [1.807, 2.05) is 0 Å². The van der Waals surface area contributed by atoms with Crippen LogP contribution in [0.4, 0.5) is 10.1 Å². The van der Waals surface area contributed by atoms with Crippen LogP contribution in [0.15, 0.2) is 35.2 Å². The minimum atomic E-state index is -1.20. The van der Waals surface area contributed by atoms with Crippen molar-refractivity contribution in [3.63, 3.8) is 0 Å². The quantitative estimate of drug-likeness (QED) is 0.503. The van der Waals surface area contributed by atoms with E-state index in [0.717, 1.165) is 0 Å². The summed E-state index contributed by atoms with van der Waals surface area (Å²) in [4.78, 5) is 11.0. The average Bonchev–Trinajstić information content (AvgIpc) is 2.33. The summed E-state index contributed by atoms with van der Waals surface area (Å²) in [6.07, 6.45) is 0. The summed E-state index contributed by atoms with van der Waals surface area (Å²) >= 11 is 4.12. The molecular weight excluding hydrogens is 269 g/mol. The Labute approximate surface area is 113 Å². The lowest BCUT2D eigenvalue weighted by atomic mass is 10.0. The van der Waals surface area contributed by atoms with E-state index >= 15 is 0 Å². The number of hydrogen-bond donors (Lipinski definition) is 4. The molecule has 2 aromatic rings. The summed E-state index contributed by atoms with van der Waals surface area (Å²) in [6, 6.07) is 6.48. The minimum Gasteiger partial charge on any atom is -0.507 e. The number of phenols is 1. The Morgan fingerprint density at radius 3 is 2.53 bits per heavy atom. The van der Waals surface area contributed by atoms with Crippen molar-refractivity contribution in [2.45, 2.75) is 4.90 Å². The molecule has 0 unspecified atom stereocenters. The molecule has 0 aliphatic carbocycles. The molecule has 0 saturated carbocycles. The summed E-state index contributed by atoms with van der Waals surface area (Å²) in [6.45, 7) is 0. The van der Waals surface area contributed by atoms with E-state index in [0.29, 0.717) is 0 Å². The van der Waals surface area contributed by atoms with Crippen molar-refractivity contribution >= 4 is 24.3 Å². The van der Waals surface area contributed by atoms with Gasteiger partial charge in [-0.25, -0.2) is 9.18 Å². The molecule has 0 aromatic heterocycles. The number of nitrogen functional groups attached to an aromatic ring is 1. The molecule has 0 radical (unpaired) electrons. The molecule has 0 amide bonds. The van der Waals surface area contributed by atoms with Crippen LogP contribution in [0, 0.1) is 5.82 Å². The van der Waals surface area contributed by atoms with Crippen molar-refractivity contribution in [3.05, 3.63) is 41.7 Å². The van der Waals surface area contributed by atoms with Crippen LogP contribution < -0.4 is 5.73 Å². The Morgan fingerprint density at radius 2 is 1.95 bits per heavy atom. The van der Waals surface area contributed by atoms with E-state index < -0.39 is 11.8 Å². The van der Waals surface area contributed by atoms with Crippen molar-refractivity contribution in [2.75, 3.05) is 5.73 Å². The number of nitrogens with two attached hydrogens (primary N) is 1. The predicted octanol–water partition coefficient (Wildman–Crippen LogP) is 2.77. The van der Waals surface area contributed by atoms with Crippen molar-refractivity contribution in [1.29, 1.82) is 0 Å². The van der Waals surface area contributed by atoms with Crippen molar-refractivity contribution in [1.82, 2.24) is 0 Å². The number of halogens is 1. The standard InChI is InChI=1S/C13H10FNO3S/c14-8-2-1-3-9(16)10(8)6-4-5-7(13(17)18)11(15)12(6)19/h1-5,16,19H,15H2,(H,17,18). The molecule has 2 rings (SSSR count). The molecule has 0 fully saturated rings. The Kier molecular flexibility index (Phi) is 3.35. The van der Waals surface area contributed by atoms with E-state index in [-0.39, 0.29) is 33.0 Å². The highest BCUT2D eigenvalue weighted by molar-refractivity contribution is 7.80. The normalized spacial score (nSPS) is 10.4. The number of carboxylic acid groups (broad SMARTS) is 1. The van der Waals surface area contributed by atoms with E-state index in [2.05, 4.69) is 12.6 Å². The Balaban J connectivity index is 2.72. The molecule has 0 heterocycles. The largest absolute Gasteiger partial charge is 0.507 e. The van der Waals surface area contributed by atoms with Crippen LogP contribution >= 0.6 is 12.6 Å². The molecule has 6 heteroatoms. The van der Waals surface area contributed by atoms with Gasteiger partial charge >= 0.3 is 5.97 Å². The van der Waals surface area contributed by atoms with Gasteiger partial charge in [-0.1, -0.05) is 12.1 Å². The molecule has 19 heavy (non-hydrogen) atoms. The summed E-state index contributed by atoms with van der Waals surface area (Å²) in [5.74, 6) is -2.10. The van der Waals surface area contributed by atoms with Gasteiger partial charge in [-0.2, -0.15) is 0 Å². The zero-order chi connectivity index (χ0) is 14.2. The van der Waals surface area contributed by atoms with Gasteiger partial charge in [0.05, 0.1) is 16.8 Å². The van der Waals surface area contributed by atoms with E-state index in [1.165, 1.54) is 30.3 Å². The lowest BCUT2D eigenvalue weighted by Crippen LogP contribution is -2.04. The van der Waals surface area contributed by atoms with Gasteiger partial charge in [0.25, 0.3) is 0 Å². The number of thiol groups is 1. The fourth-order valence-electron chi connectivity index (χ4n) is 1.78. The maximum atomic E-state index is 13.8. The number of aromatic hydroxyl groups is 1. The lowest BCUT2D eigenvalue weighted by molar-refractivity contribution is 0.0698. The number of carbonyl (C=O) groups is 1. The Hall–Kier alpha value is -2.21. The molecule has 0 bridgehead atoms. The monoisotopic (exact) mass is 279 g/mol. The van der Waals surface area contributed by atoms with E-state index in [4.69, 9.17) is 10.8 Å². The first-order valence-corrected chi connectivity index (χ1v) is 5.70. The van der Waals surface area contributed by atoms with Gasteiger partial charge in [0.1, 0.15) is 11.6 Å². The van der Waals surface area contributed by atoms with E-state index in [1.54, 1.807) is 0 Å². The van der Waals surface area contributed by atoms with Crippen LogP contribution in [0.1, 0.15) is 10.4 Å². The summed E-state index contributed by atoms with van der Waals surface area (Å²) in [5.41, 5.74) is 5.64. The second kappa shape index (κ2) is 4.81. The topological polar surface area (TPSA) is 83.6 Å². The molecule has 2 aromatic carbocycles. The fourth-order valence-corrected chi connectivity index (χ4v) is 2.08. The number of aromatic carboxylic acids is 1. The van der Waals surface area contributed by atoms with Crippen LogP contribution in [0.2, 0.25) is 0 Å². The van der Waals surface area contributed by atoms with Crippen LogP contribution in [0.25, 0.3) is 11.1 Å². The third-order valence-corrected chi connectivity index (χ3v) is 3.19. The summed E-state index contributed by atoms with van der Waals surface area (Å²) < 4.78 is 13.8. The third kappa shape index (κ3) is 2.22. The first-order chi connectivity index (χ1) is 8.93. The number of carboxylic acids is 1. The smallest absolute Gasteiger partial charge is 0.337 e. The van der Waals surface area contributed by atoms with Crippen molar-refractivity contribution in [3.8, 4) is 16.9 Å². The lowest BCUT2D eigenvalue weighted by Gasteiger charge is -2.12. The molecule has 0 spiro atoms.